The van der Waals surface area contributed by atoms with Crippen molar-refractivity contribution < 1.29 is 22.7 Å². The molecular weight excluding hydrogens is 562 g/mol. The number of halogens is 1. The fraction of sp³-hybridized carbons (Fsp3) is 0.355. The molecule has 0 saturated heterocycles. The molecule has 3 rings (SSSR count). The van der Waals surface area contributed by atoms with Gasteiger partial charge in [-0.05, 0) is 80.8 Å². The number of carbonyl (C=O) groups is 2. The minimum atomic E-state index is -4.19. The summed E-state index contributed by atoms with van der Waals surface area (Å²) in [6.07, 6.45) is 1.09. The van der Waals surface area contributed by atoms with Crippen molar-refractivity contribution in [3.8, 4) is 5.75 Å². The minimum Gasteiger partial charge on any atom is -0.494 e. The number of rotatable bonds is 14. The molecule has 3 aromatic carbocycles. The Kier molecular flexibility index (Phi) is 11.6. The van der Waals surface area contributed by atoms with E-state index in [1.807, 2.05) is 58.0 Å². The largest absolute Gasteiger partial charge is 0.494 e. The zero-order valence-corrected chi connectivity index (χ0v) is 25.5. The summed E-state index contributed by atoms with van der Waals surface area (Å²) in [7, 11) is -4.19. The van der Waals surface area contributed by atoms with Gasteiger partial charge >= 0.3 is 0 Å². The SMILES string of the molecule is CCOc1ccc(N(CC(=O)N(Cc2ccccc2)[C@@H](CC)C(=O)N[C@H](C)CC)S(=O)(=O)c2ccc(Cl)cc2)cc1. The van der Waals surface area contributed by atoms with E-state index >= 15 is 0 Å². The highest BCUT2D eigenvalue weighted by Crippen LogP contribution is 2.27. The predicted octanol–water partition coefficient (Wildman–Crippen LogP) is 5.66. The van der Waals surface area contributed by atoms with Gasteiger partial charge in [-0.1, -0.05) is 55.8 Å². The first-order valence-electron chi connectivity index (χ1n) is 13.8. The predicted molar refractivity (Wildman–Crippen MR) is 163 cm³/mol. The molecule has 3 aromatic rings. The number of carbonyl (C=O) groups excluding carboxylic acids is 2. The van der Waals surface area contributed by atoms with Gasteiger partial charge in [0, 0.05) is 17.6 Å². The zero-order chi connectivity index (χ0) is 30.0. The van der Waals surface area contributed by atoms with Crippen LogP contribution in [-0.2, 0) is 26.2 Å². The molecule has 8 nitrogen and oxygen atoms in total. The lowest BCUT2D eigenvalue weighted by atomic mass is 10.1. The lowest BCUT2D eigenvalue weighted by Crippen LogP contribution is -2.53. The summed E-state index contributed by atoms with van der Waals surface area (Å²) in [6, 6.07) is 20.7. The van der Waals surface area contributed by atoms with Crippen molar-refractivity contribution >= 4 is 39.1 Å². The Hall–Kier alpha value is -3.56. The lowest BCUT2D eigenvalue weighted by molar-refractivity contribution is -0.140. The van der Waals surface area contributed by atoms with Crippen molar-refractivity contribution in [2.45, 2.75) is 64.1 Å². The maximum absolute atomic E-state index is 14.1. The Balaban J connectivity index is 2.04. The van der Waals surface area contributed by atoms with Gasteiger partial charge in [0.25, 0.3) is 10.0 Å². The third kappa shape index (κ3) is 8.47. The van der Waals surface area contributed by atoms with E-state index in [1.54, 1.807) is 24.3 Å². The van der Waals surface area contributed by atoms with Crippen molar-refractivity contribution in [3.63, 3.8) is 0 Å². The van der Waals surface area contributed by atoms with Gasteiger partial charge in [-0.2, -0.15) is 0 Å². The first kappa shape index (κ1) is 32.0. The molecule has 0 bridgehead atoms. The average molecular weight is 600 g/mol. The van der Waals surface area contributed by atoms with Crippen LogP contribution in [0.5, 0.6) is 5.75 Å². The molecule has 10 heteroatoms. The summed E-state index contributed by atoms with van der Waals surface area (Å²) < 4.78 is 34.4. The molecule has 41 heavy (non-hydrogen) atoms. The molecular formula is C31H38ClN3O5S. The highest BCUT2D eigenvalue weighted by atomic mass is 35.5. The fourth-order valence-electron chi connectivity index (χ4n) is 4.28. The number of hydrogen-bond donors (Lipinski definition) is 1. The smallest absolute Gasteiger partial charge is 0.264 e. The number of benzene rings is 3. The van der Waals surface area contributed by atoms with E-state index in [4.69, 9.17) is 16.3 Å². The summed E-state index contributed by atoms with van der Waals surface area (Å²) in [5, 5.41) is 3.36. The van der Waals surface area contributed by atoms with Crippen molar-refractivity contribution in [2.24, 2.45) is 0 Å². The van der Waals surface area contributed by atoms with Crippen LogP contribution in [0.4, 0.5) is 5.69 Å². The summed E-state index contributed by atoms with van der Waals surface area (Å²) in [5.41, 5.74) is 1.11. The summed E-state index contributed by atoms with van der Waals surface area (Å²) in [4.78, 5) is 28.9. The van der Waals surface area contributed by atoms with E-state index in [2.05, 4.69) is 5.32 Å². The molecule has 2 amide bonds. The van der Waals surface area contributed by atoms with Gasteiger partial charge in [0.05, 0.1) is 17.2 Å². The maximum atomic E-state index is 14.1. The van der Waals surface area contributed by atoms with Crippen LogP contribution < -0.4 is 14.4 Å². The second-order valence-corrected chi connectivity index (χ2v) is 11.9. The quantitative estimate of drug-likeness (QED) is 0.258. The maximum Gasteiger partial charge on any atom is 0.264 e. The highest BCUT2D eigenvalue weighted by molar-refractivity contribution is 7.92. The van der Waals surface area contributed by atoms with Gasteiger partial charge in [0.15, 0.2) is 0 Å². The standard InChI is InChI=1S/C31H38ClN3O5S/c1-5-23(4)33-31(37)29(6-2)34(21-24-11-9-8-10-12-24)30(36)22-35(26-15-17-27(18-16-26)40-7-3)41(38,39)28-19-13-25(32)14-20-28/h8-20,23,29H,5-7,21-22H2,1-4H3,(H,33,37)/t23-,29+/m1/s1. The molecule has 0 saturated carbocycles. The zero-order valence-electron chi connectivity index (χ0n) is 23.9. The van der Waals surface area contributed by atoms with E-state index in [-0.39, 0.29) is 29.1 Å². The summed E-state index contributed by atoms with van der Waals surface area (Å²) >= 11 is 6.01. The van der Waals surface area contributed by atoms with Crippen LogP contribution in [0.1, 0.15) is 46.1 Å². The Bertz CT molecular complexity index is 1380. The Labute approximate surface area is 248 Å². The van der Waals surface area contributed by atoms with Crippen LogP contribution in [0.3, 0.4) is 0 Å². The van der Waals surface area contributed by atoms with E-state index in [0.717, 1.165) is 16.3 Å². The Morgan fingerprint density at radius 3 is 2.10 bits per heavy atom. The van der Waals surface area contributed by atoms with Gasteiger partial charge in [-0.15, -0.1) is 0 Å². The number of nitrogens with zero attached hydrogens (tertiary/aromatic N) is 2. The number of anilines is 1. The van der Waals surface area contributed by atoms with Crippen molar-refractivity contribution in [2.75, 3.05) is 17.5 Å². The first-order valence-corrected chi connectivity index (χ1v) is 15.6. The van der Waals surface area contributed by atoms with Crippen LogP contribution in [0, 0.1) is 0 Å². The molecule has 0 aliphatic heterocycles. The van der Waals surface area contributed by atoms with Crippen LogP contribution in [0.25, 0.3) is 0 Å². The van der Waals surface area contributed by atoms with E-state index in [9.17, 15) is 18.0 Å². The van der Waals surface area contributed by atoms with Gasteiger partial charge in [0.1, 0.15) is 18.3 Å². The molecule has 0 heterocycles. The van der Waals surface area contributed by atoms with E-state index < -0.39 is 28.5 Å². The van der Waals surface area contributed by atoms with Gasteiger partial charge < -0.3 is 15.0 Å². The first-order chi connectivity index (χ1) is 19.6. The fourth-order valence-corrected chi connectivity index (χ4v) is 5.82. The van der Waals surface area contributed by atoms with Gasteiger partial charge in [0.2, 0.25) is 11.8 Å². The van der Waals surface area contributed by atoms with Crippen LogP contribution in [0.2, 0.25) is 5.02 Å². The van der Waals surface area contributed by atoms with Crippen molar-refractivity contribution in [1.29, 1.82) is 0 Å². The molecule has 0 spiro atoms. The molecule has 0 unspecified atom stereocenters. The van der Waals surface area contributed by atoms with Gasteiger partial charge in [-0.25, -0.2) is 8.42 Å². The second kappa shape index (κ2) is 14.9. The highest BCUT2D eigenvalue weighted by Gasteiger charge is 2.34. The number of hydrogen-bond acceptors (Lipinski definition) is 5. The lowest BCUT2D eigenvalue weighted by Gasteiger charge is -2.33. The van der Waals surface area contributed by atoms with E-state index in [1.165, 1.54) is 29.2 Å². The second-order valence-electron chi connectivity index (χ2n) is 9.64. The van der Waals surface area contributed by atoms with Crippen molar-refractivity contribution in [3.05, 3.63) is 89.4 Å². The number of nitrogens with one attached hydrogen (secondary N) is 1. The average Bonchev–Trinajstić information content (AvgIpc) is 2.97. The summed E-state index contributed by atoms with van der Waals surface area (Å²) in [5.74, 6) is -0.212. The minimum absolute atomic E-state index is 0.0141. The Morgan fingerprint density at radius 1 is 0.902 bits per heavy atom. The number of sulfonamides is 1. The van der Waals surface area contributed by atoms with Gasteiger partial charge in [-0.3, -0.25) is 13.9 Å². The Morgan fingerprint density at radius 2 is 1.54 bits per heavy atom. The molecule has 0 radical (unpaired) electrons. The van der Waals surface area contributed by atoms with E-state index in [0.29, 0.717) is 23.8 Å². The third-order valence-electron chi connectivity index (χ3n) is 6.70. The normalized spacial score (nSPS) is 12.7. The number of amides is 2. The third-order valence-corrected chi connectivity index (χ3v) is 8.74. The molecule has 220 valence electrons. The van der Waals surface area contributed by atoms with Crippen molar-refractivity contribution in [1.82, 2.24) is 10.2 Å². The topological polar surface area (TPSA) is 96.0 Å². The molecule has 1 N–H and O–H groups in total. The monoisotopic (exact) mass is 599 g/mol. The molecule has 0 aliphatic rings. The molecule has 2 atom stereocenters. The molecule has 0 fully saturated rings. The molecule has 0 aliphatic carbocycles. The molecule has 0 aromatic heterocycles. The summed E-state index contributed by atoms with van der Waals surface area (Å²) in [6.45, 7) is 7.64. The van der Waals surface area contributed by atoms with Crippen LogP contribution in [-0.4, -0.2) is 50.4 Å². The van der Waals surface area contributed by atoms with Crippen LogP contribution in [0.15, 0.2) is 83.8 Å². The number of ether oxygens (including phenoxy) is 1. The van der Waals surface area contributed by atoms with Crippen LogP contribution >= 0.6 is 11.6 Å².